The van der Waals surface area contributed by atoms with Crippen LogP contribution in [0.4, 0.5) is 0 Å². The van der Waals surface area contributed by atoms with Gasteiger partial charge in [0.1, 0.15) is 0 Å². The average Bonchev–Trinajstić information content (AvgIpc) is 1.78. The quantitative estimate of drug-likeness (QED) is 0.708. The van der Waals surface area contributed by atoms with Gasteiger partial charge in [-0.05, 0) is 0 Å². The van der Waals surface area contributed by atoms with Gasteiger partial charge >= 0.3 is 0 Å². The topological polar surface area (TPSA) is 17.1 Å². The molecule has 0 fully saturated rings. The summed E-state index contributed by atoms with van der Waals surface area (Å²) in [5, 5.41) is 0.285. The molecule has 0 aliphatic rings. The van der Waals surface area contributed by atoms with Gasteiger partial charge in [0.2, 0.25) is 0 Å². The number of thioether (sulfide) groups is 2. The van der Waals surface area contributed by atoms with E-state index in [-0.39, 0.29) is 14.6 Å². The molecule has 1 nitrogen and oxygen atoms in total. The van der Waals surface area contributed by atoms with Crippen LogP contribution in [0.5, 0.6) is 0 Å². The molecular weight excluding hydrogens is 200 g/mol. The molecule has 0 aromatic carbocycles. The minimum atomic E-state index is 0.0511. The van der Waals surface area contributed by atoms with Crippen LogP contribution < -0.4 is 0 Å². The van der Waals surface area contributed by atoms with Crippen molar-refractivity contribution in [1.82, 2.24) is 0 Å². The zero-order valence-electron chi connectivity index (χ0n) is 9.43. The second-order valence-corrected chi connectivity index (χ2v) is 8.67. The second-order valence-electron chi connectivity index (χ2n) is 4.99. The van der Waals surface area contributed by atoms with Crippen LogP contribution in [0.3, 0.4) is 0 Å². The van der Waals surface area contributed by atoms with Gasteiger partial charge in [0, 0.05) is 9.49 Å². The Morgan fingerprint density at radius 3 is 1.77 bits per heavy atom. The van der Waals surface area contributed by atoms with E-state index in [2.05, 4.69) is 41.5 Å². The van der Waals surface area contributed by atoms with Gasteiger partial charge in [0.15, 0.2) is 5.12 Å². The third-order valence-corrected chi connectivity index (χ3v) is 3.48. The first-order valence-electron chi connectivity index (χ1n) is 4.46. The Kier molecular flexibility index (Phi) is 4.87. The smallest absolute Gasteiger partial charge is 0.199 e. The third kappa shape index (κ3) is 10.3. The minimum absolute atomic E-state index is 0.0511. The van der Waals surface area contributed by atoms with Gasteiger partial charge in [0.05, 0.1) is 5.75 Å². The van der Waals surface area contributed by atoms with Gasteiger partial charge in [-0.15, -0.1) is 11.8 Å². The van der Waals surface area contributed by atoms with E-state index in [1.165, 1.54) is 11.8 Å². The lowest BCUT2D eigenvalue weighted by molar-refractivity contribution is -0.108. The minimum Gasteiger partial charge on any atom is -0.286 e. The molecule has 0 saturated heterocycles. The third-order valence-electron chi connectivity index (χ3n) is 1.04. The van der Waals surface area contributed by atoms with Gasteiger partial charge in [-0.2, -0.15) is 0 Å². The highest BCUT2D eigenvalue weighted by Gasteiger charge is 2.19. The van der Waals surface area contributed by atoms with Crippen LogP contribution in [-0.4, -0.2) is 20.4 Å². The average molecular weight is 220 g/mol. The number of rotatable bonds is 2. The monoisotopic (exact) mass is 220 g/mol. The molecule has 0 saturated carbocycles. The van der Waals surface area contributed by atoms with Crippen molar-refractivity contribution < 1.29 is 4.79 Å². The van der Waals surface area contributed by atoms with Crippen LogP contribution in [0.1, 0.15) is 41.5 Å². The van der Waals surface area contributed by atoms with E-state index in [1.54, 1.807) is 11.8 Å². The van der Waals surface area contributed by atoms with E-state index >= 15 is 0 Å². The highest BCUT2D eigenvalue weighted by atomic mass is 32.2. The van der Waals surface area contributed by atoms with Crippen LogP contribution in [0, 0.1) is 0 Å². The Bertz CT molecular complexity index is 174. The van der Waals surface area contributed by atoms with Crippen molar-refractivity contribution in [1.29, 1.82) is 0 Å². The Morgan fingerprint density at radius 2 is 1.46 bits per heavy atom. The van der Waals surface area contributed by atoms with Crippen LogP contribution in [-0.2, 0) is 4.79 Å². The van der Waals surface area contributed by atoms with E-state index in [0.29, 0.717) is 5.75 Å². The molecule has 0 aliphatic heterocycles. The SMILES string of the molecule is CC(C)(C)SCC(=O)SC(C)(C)C. The molecule has 0 heterocycles. The molecular formula is C10H20OS2. The lowest BCUT2D eigenvalue weighted by atomic mass is 10.3. The number of hydrogen-bond donors (Lipinski definition) is 0. The summed E-state index contributed by atoms with van der Waals surface area (Å²) in [6.07, 6.45) is 0. The Labute approximate surface area is 90.4 Å². The first kappa shape index (κ1) is 13.4. The van der Waals surface area contributed by atoms with E-state index in [9.17, 15) is 4.79 Å². The molecule has 0 radical (unpaired) electrons. The van der Waals surface area contributed by atoms with Gasteiger partial charge in [-0.3, -0.25) is 4.79 Å². The van der Waals surface area contributed by atoms with Crippen LogP contribution in [0.2, 0.25) is 0 Å². The summed E-state index contributed by atoms with van der Waals surface area (Å²) >= 11 is 3.15. The fourth-order valence-corrected chi connectivity index (χ4v) is 2.29. The van der Waals surface area contributed by atoms with Crippen LogP contribution in [0.25, 0.3) is 0 Å². The van der Waals surface area contributed by atoms with Gasteiger partial charge in [0.25, 0.3) is 0 Å². The van der Waals surface area contributed by atoms with Crippen molar-refractivity contribution in [3.63, 3.8) is 0 Å². The fraction of sp³-hybridized carbons (Fsp3) is 0.900. The number of carbonyl (C=O) groups is 1. The summed E-state index contributed by atoms with van der Waals surface area (Å²) in [6, 6.07) is 0. The van der Waals surface area contributed by atoms with Crippen molar-refractivity contribution in [2.75, 3.05) is 5.75 Å². The van der Waals surface area contributed by atoms with Crippen molar-refractivity contribution in [2.24, 2.45) is 0 Å². The highest BCUT2D eigenvalue weighted by molar-refractivity contribution is 8.16. The molecule has 0 aromatic rings. The van der Waals surface area contributed by atoms with Gasteiger partial charge in [-0.25, -0.2) is 0 Å². The summed E-state index contributed by atoms with van der Waals surface area (Å²) in [4.78, 5) is 11.4. The first-order valence-corrected chi connectivity index (χ1v) is 6.26. The van der Waals surface area contributed by atoms with E-state index in [0.717, 1.165) is 0 Å². The van der Waals surface area contributed by atoms with Crippen molar-refractivity contribution >= 4 is 28.6 Å². The maximum atomic E-state index is 11.4. The molecule has 78 valence electrons. The largest absolute Gasteiger partial charge is 0.286 e. The fourth-order valence-electron chi connectivity index (χ4n) is 0.646. The lowest BCUT2D eigenvalue weighted by Crippen LogP contribution is -2.16. The Balaban J connectivity index is 3.78. The van der Waals surface area contributed by atoms with E-state index in [4.69, 9.17) is 0 Å². The lowest BCUT2D eigenvalue weighted by Gasteiger charge is -2.19. The van der Waals surface area contributed by atoms with Crippen LogP contribution >= 0.6 is 23.5 Å². The summed E-state index contributed by atoms with van der Waals surface area (Å²) in [5.41, 5.74) is 0. The summed E-state index contributed by atoms with van der Waals surface area (Å²) < 4.78 is 0.240. The number of hydrogen-bond acceptors (Lipinski definition) is 3. The molecule has 0 N–H and O–H groups in total. The second kappa shape index (κ2) is 4.74. The molecule has 13 heavy (non-hydrogen) atoms. The van der Waals surface area contributed by atoms with Crippen molar-refractivity contribution in [3.05, 3.63) is 0 Å². The molecule has 0 unspecified atom stereocenters. The zero-order chi connectivity index (χ0) is 10.7. The summed E-state index contributed by atoms with van der Waals surface area (Å²) in [7, 11) is 0. The van der Waals surface area contributed by atoms with Gasteiger partial charge < -0.3 is 0 Å². The van der Waals surface area contributed by atoms with Gasteiger partial charge in [-0.1, -0.05) is 53.3 Å². The van der Waals surface area contributed by atoms with E-state index < -0.39 is 0 Å². The first-order chi connectivity index (χ1) is 5.60. The molecule has 0 aliphatic carbocycles. The molecule has 0 spiro atoms. The molecule has 3 heteroatoms. The summed E-state index contributed by atoms with van der Waals surface area (Å²) in [6.45, 7) is 12.6. The van der Waals surface area contributed by atoms with Crippen molar-refractivity contribution in [3.8, 4) is 0 Å². The standard InChI is InChI=1S/C10H20OS2/c1-9(2,3)12-7-8(11)13-10(4,5)6/h7H2,1-6H3. The molecule has 0 amide bonds. The highest BCUT2D eigenvalue weighted by Crippen LogP contribution is 2.29. The van der Waals surface area contributed by atoms with E-state index in [1.807, 2.05) is 0 Å². The molecule has 0 aromatic heterocycles. The maximum absolute atomic E-state index is 11.4. The predicted octanol–water partition coefficient (Wildman–Crippen LogP) is 3.58. The predicted molar refractivity (Wildman–Crippen MR) is 64.6 cm³/mol. The summed E-state index contributed by atoms with van der Waals surface area (Å²) in [5.74, 6) is 0.617. The molecule has 0 rings (SSSR count). The van der Waals surface area contributed by atoms with Crippen LogP contribution in [0.15, 0.2) is 0 Å². The normalized spacial score (nSPS) is 13.1. The Morgan fingerprint density at radius 1 is 1.00 bits per heavy atom. The number of carbonyl (C=O) groups excluding carboxylic acids is 1. The molecule has 0 atom stereocenters. The zero-order valence-corrected chi connectivity index (χ0v) is 11.1. The molecule has 0 bridgehead atoms. The maximum Gasteiger partial charge on any atom is 0.199 e. The Hall–Kier alpha value is 0.370. The van der Waals surface area contributed by atoms with Crippen molar-refractivity contribution in [2.45, 2.75) is 51.0 Å².